The van der Waals surface area contributed by atoms with Crippen LogP contribution in [0.4, 0.5) is 0 Å². The summed E-state index contributed by atoms with van der Waals surface area (Å²) >= 11 is 0. The van der Waals surface area contributed by atoms with Crippen LogP contribution in [0, 0.1) is 10.8 Å². The van der Waals surface area contributed by atoms with Crippen molar-refractivity contribution in [2.24, 2.45) is 0 Å². The van der Waals surface area contributed by atoms with Gasteiger partial charge in [0.2, 0.25) is 0 Å². The predicted molar refractivity (Wildman–Crippen MR) is 55.0 cm³/mol. The number of carbonyl (C=O) groups is 1. The molecule has 0 unspecified atom stereocenters. The molecule has 0 aliphatic rings. The van der Waals surface area contributed by atoms with Gasteiger partial charge in [0.15, 0.2) is 0 Å². The summed E-state index contributed by atoms with van der Waals surface area (Å²) in [7, 11) is 0. The summed E-state index contributed by atoms with van der Waals surface area (Å²) in [6.07, 6.45) is 1.51. The lowest BCUT2D eigenvalue weighted by Gasteiger charge is -2.05. The van der Waals surface area contributed by atoms with Crippen LogP contribution in [0.1, 0.15) is 24.2 Å². The van der Waals surface area contributed by atoms with Crippen LogP contribution in [-0.4, -0.2) is 23.0 Å². The molecule has 5 heteroatoms. The number of rotatable bonds is 2. The van der Waals surface area contributed by atoms with Gasteiger partial charge in [-0.1, -0.05) is 0 Å². The summed E-state index contributed by atoms with van der Waals surface area (Å²) in [6.45, 7) is 3.61. The first-order chi connectivity index (χ1) is 7.06. The smallest absolute Gasteiger partial charge is 0.338 e. The highest BCUT2D eigenvalue weighted by atomic mass is 16.5. The van der Waals surface area contributed by atoms with Gasteiger partial charge in [0.1, 0.15) is 11.3 Å². The minimum Gasteiger partial charge on any atom is -0.462 e. The van der Waals surface area contributed by atoms with Crippen LogP contribution in [0.5, 0.6) is 0 Å². The second kappa shape index (κ2) is 4.54. The van der Waals surface area contributed by atoms with E-state index in [1.165, 1.54) is 22.9 Å². The van der Waals surface area contributed by atoms with Crippen LogP contribution in [0.25, 0.3) is 0 Å². The number of nitrogens with one attached hydrogen (secondary N) is 2. The largest absolute Gasteiger partial charge is 0.462 e. The second-order valence-electron chi connectivity index (χ2n) is 2.98. The Bertz CT molecular complexity index is 448. The van der Waals surface area contributed by atoms with E-state index >= 15 is 0 Å². The molecule has 1 aromatic heterocycles. The van der Waals surface area contributed by atoms with Crippen LogP contribution in [-0.2, 0) is 4.74 Å². The molecule has 0 aliphatic carbocycles. The first kappa shape index (κ1) is 11.2. The van der Waals surface area contributed by atoms with Crippen molar-refractivity contribution in [3.05, 3.63) is 29.4 Å². The third-order valence-electron chi connectivity index (χ3n) is 1.83. The number of hydrogen-bond acceptors (Lipinski definition) is 4. The van der Waals surface area contributed by atoms with E-state index in [-0.39, 0.29) is 11.3 Å². The summed E-state index contributed by atoms with van der Waals surface area (Å²) in [4.78, 5) is 11.3. The van der Waals surface area contributed by atoms with Crippen LogP contribution < -0.4 is 5.49 Å². The first-order valence-electron chi connectivity index (χ1n) is 4.56. The van der Waals surface area contributed by atoms with E-state index in [1.807, 2.05) is 0 Å². The van der Waals surface area contributed by atoms with Gasteiger partial charge < -0.3 is 4.74 Å². The maximum atomic E-state index is 11.3. The van der Waals surface area contributed by atoms with Gasteiger partial charge in [-0.15, -0.1) is 0 Å². The van der Waals surface area contributed by atoms with E-state index < -0.39 is 5.97 Å². The number of aromatic nitrogens is 1. The fourth-order valence-corrected chi connectivity index (χ4v) is 1.13. The lowest BCUT2D eigenvalue weighted by atomic mass is 10.2. The standard InChI is InChI=1S/C10H13N3O2/c1-3-15-10(14)8-4-5-13(7(2)11)9(12)6-8/h4-6,11-12H,3H2,1-2H3. The second-order valence-corrected chi connectivity index (χ2v) is 2.98. The van der Waals surface area contributed by atoms with Gasteiger partial charge in [0.25, 0.3) is 0 Å². The zero-order chi connectivity index (χ0) is 11.4. The Morgan fingerprint density at radius 1 is 1.60 bits per heavy atom. The van der Waals surface area contributed by atoms with E-state index in [1.54, 1.807) is 13.8 Å². The Morgan fingerprint density at radius 2 is 2.27 bits per heavy atom. The summed E-state index contributed by atoms with van der Waals surface area (Å²) in [5, 5.41) is 14.9. The van der Waals surface area contributed by atoms with Gasteiger partial charge in [0, 0.05) is 6.20 Å². The van der Waals surface area contributed by atoms with Crippen LogP contribution in [0.2, 0.25) is 0 Å². The number of hydrogen-bond donors (Lipinski definition) is 2. The van der Waals surface area contributed by atoms with E-state index in [9.17, 15) is 4.79 Å². The third kappa shape index (κ3) is 2.52. The number of pyridine rings is 1. The molecule has 80 valence electrons. The van der Waals surface area contributed by atoms with Crippen molar-refractivity contribution in [3.63, 3.8) is 0 Å². The molecule has 1 aromatic rings. The first-order valence-corrected chi connectivity index (χ1v) is 4.56. The molecule has 0 aliphatic heterocycles. The molecule has 0 radical (unpaired) electrons. The molecule has 15 heavy (non-hydrogen) atoms. The maximum absolute atomic E-state index is 11.3. The summed E-state index contributed by atoms with van der Waals surface area (Å²) in [5.74, 6) is -0.212. The highest BCUT2D eigenvalue weighted by Crippen LogP contribution is 1.97. The Hall–Kier alpha value is -1.91. The minimum atomic E-state index is -0.444. The van der Waals surface area contributed by atoms with Crippen molar-refractivity contribution in [3.8, 4) is 0 Å². The molecular formula is C10H13N3O2. The third-order valence-corrected chi connectivity index (χ3v) is 1.83. The van der Waals surface area contributed by atoms with Gasteiger partial charge in [-0.25, -0.2) is 4.79 Å². The molecular weight excluding hydrogens is 194 g/mol. The highest BCUT2D eigenvalue weighted by Gasteiger charge is 2.06. The molecule has 0 fully saturated rings. The van der Waals surface area contributed by atoms with Crippen molar-refractivity contribution in [1.29, 1.82) is 10.8 Å². The number of nitrogens with zero attached hydrogens (tertiary/aromatic N) is 1. The molecule has 0 spiro atoms. The van der Waals surface area contributed by atoms with Crippen LogP contribution in [0.3, 0.4) is 0 Å². The van der Waals surface area contributed by atoms with Gasteiger partial charge in [0.05, 0.1) is 12.2 Å². The minimum absolute atomic E-state index is 0.0908. The molecule has 0 saturated heterocycles. The normalized spacial score (nSPS) is 9.73. The fraction of sp³-hybridized carbons (Fsp3) is 0.300. The summed E-state index contributed by atoms with van der Waals surface area (Å²) in [5.41, 5.74) is 0.424. The van der Waals surface area contributed by atoms with Crippen LogP contribution in [0.15, 0.2) is 18.3 Å². The Balaban J connectivity index is 3.07. The van der Waals surface area contributed by atoms with Gasteiger partial charge in [-0.05, 0) is 26.0 Å². The molecule has 0 atom stereocenters. The number of esters is 1. The Labute approximate surface area is 87.3 Å². The topological polar surface area (TPSA) is 78.9 Å². The van der Waals surface area contributed by atoms with Crippen molar-refractivity contribution in [2.75, 3.05) is 6.61 Å². The zero-order valence-electron chi connectivity index (χ0n) is 8.70. The average molecular weight is 207 g/mol. The molecule has 0 bridgehead atoms. The molecule has 0 saturated carbocycles. The predicted octanol–water partition coefficient (Wildman–Crippen LogP) is 0.990. The van der Waals surface area contributed by atoms with E-state index in [2.05, 4.69) is 0 Å². The zero-order valence-corrected chi connectivity index (χ0v) is 8.70. The van der Waals surface area contributed by atoms with Gasteiger partial charge in [-0.2, -0.15) is 0 Å². The fourth-order valence-electron chi connectivity index (χ4n) is 1.13. The summed E-state index contributed by atoms with van der Waals surface area (Å²) < 4.78 is 6.16. The van der Waals surface area contributed by atoms with Crippen molar-refractivity contribution in [2.45, 2.75) is 13.8 Å². The molecule has 5 nitrogen and oxygen atoms in total. The number of carbonyl (C=O) groups excluding carboxylic acids is 1. The van der Waals surface area contributed by atoms with Crippen molar-refractivity contribution in [1.82, 2.24) is 4.57 Å². The maximum Gasteiger partial charge on any atom is 0.338 e. The number of ether oxygens (including phenoxy) is 1. The lowest BCUT2D eigenvalue weighted by molar-refractivity contribution is 0.0526. The van der Waals surface area contributed by atoms with E-state index in [0.29, 0.717) is 12.2 Å². The van der Waals surface area contributed by atoms with E-state index in [4.69, 9.17) is 15.6 Å². The summed E-state index contributed by atoms with van der Waals surface area (Å²) in [6, 6.07) is 2.92. The van der Waals surface area contributed by atoms with Crippen molar-refractivity contribution >= 4 is 11.8 Å². The van der Waals surface area contributed by atoms with Crippen molar-refractivity contribution < 1.29 is 9.53 Å². The Kier molecular flexibility index (Phi) is 3.38. The lowest BCUT2D eigenvalue weighted by Crippen LogP contribution is -2.25. The molecule has 1 heterocycles. The average Bonchev–Trinajstić information content (AvgIpc) is 2.17. The SMILES string of the molecule is CCOC(=O)c1ccn(C(C)=N)c(=N)c1. The van der Waals surface area contributed by atoms with Crippen LogP contribution >= 0.6 is 0 Å². The van der Waals surface area contributed by atoms with Gasteiger partial charge in [-0.3, -0.25) is 15.4 Å². The molecule has 1 rings (SSSR count). The molecule has 0 aromatic carbocycles. The molecule has 0 amide bonds. The highest BCUT2D eigenvalue weighted by molar-refractivity contribution is 5.89. The molecule has 2 N–H and O–H groups in total. The quantitative estimate of drug-likeness (QED) is 0.431. The Morgan fingerprint density at radius 3 is 2.73 bits per heavy atom. The van der Waals surface area contributed by atoms with E-state index in [0.717, 1.165) is 0 Å². The monoisotopic (exact) mass is 207 g/mol. The van der Waals surface area contributed by atoms with Gasteiger partial charge >= 0.3 is 5.97 Å².